The Morgan fingerprint density at radius 1 is 0.714 bits per heavy atom. The summed E-state index contributed by atoms with van der Waals surface area (Å²) in [5, 5.41) is 0. The molecule has 0 radical (unpaired) electrons. The van der Waals surface area contributed by atoms with Gasteiger partial charge < -0.3 is 0 Å². The molecule has 0 spiro atoms. The summed E-state index contributed by atoms with van der Waals surface area (Å²) in [5.41, 5.74) is 1.46. The third-order valence-corrected chi connectivity index (χ3v) is 4.58. The minimum absolute atomic E-state index is 0.694. The lowest BCUT2D eigenvalue weighted by molar-refractivity contribution is 0.496. The molecule has 1 aromatic rings. The molecule has 0 amide bonds. The van der Waals surface area contributed by atoms with Crippen molar-refractivity contribution in [1.82, 2.24) is 4.98 Å². The maximum atomic E-state index is 5.73. The van der Waals surface area contributed by atoms with E-state index in [1.165, 1.54) is 56.9 Å². The summed E-state index contributed by atoms with van der Waals surface area (Å²) in [4.78, 5) is 4.14. The van der Waals surface area contributed by atoms with Crippen LogP contribution in [0.25, 0.3) is 0 Å². The van der Waals surface area contributed by atoms with Gasteiger partial charge in [0.2, 0.25) is 0 Å². The van der Waals surface area contributed by atoms with Crippen LogP contribution in [0.15, 0.2) is 24.5 Å². The molecule has 0 N–H and O–H groups in total. The van der Waals surface area contributed by atoms with Gasteiger partial charge in [-0.1, -0.05) is 38.5 Å². The van der Waals surface area contributed by atoms with Crippen molar-refractivity contribution in [3.63, 3.8) is 0 Å². The Morgan fingerprint density at radius 2 is 1.19 bits per heavy atom. The summed E-state index contributed by atoms with van der Waals surface area (Å²) in [7, 11) is 0. The molecular formula is C18H29Cl2N. The Morgan fingerprint density at radius 3 is 1.67 bits per heavy atom. The van der Waals surface area contributed by atoms with Crippen LogP contribution >= 0.6 is 23.2 Å². The number of aromatic nitrogens is 1. The third kappa shape index (κ3) is 9.37. The monoisotopic (exact) mass is 329 g/mol. The highest BCUT2D eigenvalue weighted by atomic mass is 35.5. The van der Waals surface area contributed by atoms with Crippen LogP contribution in [0.3, 0.4) is 0 Å². The number of hydrogen-bond acceptors (Lipinski definition) is 1. The molecule has 0 aliphatic rings. The van der Waals surface area contributed by atoms with Crippen molar-refractivity contribution < 1.29 is 0 Å². The van der Waals surface area contributed by atoms with Gasteiger partial charge in [0, 0.05) is 24.2 Å². The van der Waals surface area contributed by atoms with E-state index in [1.807, 2.05) is 12.4 Å². The first-order chi connectivity index (χ1) is 10.4. The largest absolute Gasteiger partial charge is 0.265 e. The van der Waals surface area contributed by atoms with E-state index >= 15 is 0 Å². The molecule has 0 unspecified atom stereocenters. The minimum atomic E-state index is 0.694. The average molecular weight is 330 g/mol. The molecule has 0 aliphatic heterocycles. The molecule has 1 nitrogen and oxygen atoms in total. The number of hydrogen-bond donors (Lipinski definition) is 0. The van der Waals surface area contributed by atoms with Crippen molar-refractivity contribution in [2.75, 3.05) is 11.8 Å². The molecule has 0 aromatic carbocycles. The Kier molecular flexibility index (Phi) is 12.0. The van der Waals surface area contributed by atoms with Gasteiger partial charge in [-0.3, -0.25) is 4.98 Å². The smallest absolute Gasteiger partial charge is 0.0270 e. The fourth-order valence-electron chi connectivity index (χ4n) is 2.79. The Hall–Kier alpha value is -0.270. The number of unbranched alkanes of at least 4 members (excludes halogenated alkanes) is 6. The highest BCUT2D eigenvalue weighted by Gasteiger charge is 2.10. The van der Waals surface area contributed by atoms with Gasteiger partial charge in [-0.15, -0.1) is 23.2 Å². The van der Waals surface area contributed by atoms with Gasteiger partial charge in [0.1, 0.15) is 0 Å². The normalized spacial score (nSPS) is 11.2. The van der Waals surface area contributed by atoms with Crippen LogP contribution in [0.2, 0.25) is 0 Å². The average Bonchev–Trinajstić information content (AvgIpc) is 2.53. The van der Waals surface area contributed by atoms with Crippen molar-refractivity contribution in [3.05, 3.63) is 30.1 Å². The molecule has 3 heteroatoms. The highest BCUT2D eigenvalue weighted by molar-refractivity contribution is 6.18. The molecule has 0 saturated heterocycles. The van der Waals surface area contributed by atoms with Crippen LogP contribution in [-0.2, 0) is 0 Å². The minimum Gasteiger partial charge on any atom is -0.265 e. The fraction of sp³-hybridized carbons (Fsp3) is 0.722. The van der Waals surface area contributed by atoms with E-state index in [0.717, 1.165) is 24.6 Å². The maximum Gasteiger partial charge on any atom is 0.0270 e. The van der Waals surface area contributed by atoms with Crippen molar-refractivity contribution in [3.8, 4) is 0 Å². The SMILES string of the molecule is ClCCCCCCC(CCCCCCCl)c1ccncc1. The summed E-state index contributed by atoms with van der Waals surface area (Å²) < 4.78 is 0. The van der Waals surface area contributed by atoms with Crippen LogP contribution < -0.4 is 0 Å². The number of nitrogens with zero attached hydrogens (tertiary/aromatic N) is 1. The zero-order chi connectivity index (χ0) is 15.2. The summed E-state index contributed by atoms with van der Waals surface area (Å²) >= 11 is 11.5. The van der Waals surface area contributed by atoms with E-state index in [1.54, 1.807) is 0 Å². The molecular weight excluding hydrogens is 301 g/mol. The van der Waals surface area contributed by atoms with E-state index in [2.05, 4.69) is 17.1 Å². The highest BCUT2D eigenvalue weighted by Crippen LogP contribution is 2.28. The first kappa shape index (κ1) is 18.8. The summed E-state index contributed by atoms with van der Waals surface area (Å²) in [5.74, 6) is 2.29. The van der Waals surface area contributed by atoms with E-state index < -0.39 is 0 Å². The van der Waals surface area contributed by atoms with Gasteiger partial charge in [0.15, 0.2) is 0 Å². The lowest BCUT2D eigenvalue weighted by atomic mass is 9.89. The standard InChI is InChI=1S/C18H29Cl2N/c19-13-7-3-1-5-9-17(10-6-2-4-8-14-20)18-11-15-21-16-12-18/h11-12,15-17H,1-10,13-14H2. The molecule has 1 aromatic heterocycles. The van der Waals surface area contributed by atoms with E-state index in [9.17, 15) is 0 Å². The van der Waals surface area contributed by atoms with Crippen LogP contribution in [0.1, 0.15) is 75.7 Å². The zero-order valence-corrected chi connectivity index (χ0v) is 14.6. The van der Waals surface area contributed by atoms with E-state index in [-0.39, 0.29) is 0 Å². The second kappa shape index (κ2) is 13.4. The van der Waals surface area contributed by atoms with Crippen LogP contribution in [-0.4, -0.2) is 16.7 Å². The van der Waals surface area contributed by atoms with Gasteiger partial charge in [0.25, 0.3) is 0 Å². The zero-order valence-electron chi connectivity index (χ0n) is 13.1. The second-order valence-electron chi connectivity index (χ2n) is 5.76. The van der Waals surface area contributed by atoms with E-state index in [0.29, 0.717) is 5.92 Å². The summed E-state index contributed by atoms with van der Waals surface area (Å²) in [6, 6.07) is 4.37. The maximum absolute atomic E-state index is 5.73. The molecule has 0 fully saturated rings. The third-order valence-electron chi connectivity index (χ3n) is 4.05. The second-order valence-corrected chi connectivity index (χ2v) is 6.52. The Bertz CT molecular complexity index is 315. The topological polar surface area (TPSA) is 12.9 Å². The number of pyridine rings is 1. The Labute approximate surface area is 140 Å². The molecule has 21 heavy (non-hydrogen) atoms. The first-order valence-corrected chi connectivity index (χ1v) is 9.47. The predicted molar refractivity (Wildman–Crippen MR) is 94.6 cm³/mol. The molecule has 1 heterocycles. The van der Waals surface area contributed by atoms with Gasteiger partial charge >= 0.3 is 0 Å². The van der Waals surface area contributed by atoms with Crippen LogP contribution in [0, 0.1) is 0 Å². The lowest BCUT2D eigenvalue weighted by Crippen LogP contribution is -2.00. The van der Waals surface area contributed by atoms with Gasteiger partial charge in [-0.25, -0.2) is 0 Å². The molecule has 0 atom stereocenters. The summed E-state index contributed by atoms with van der Waals surface area (Å²) in [6.07, 6.45) is 16.5. The van der Waals surface area contributed by atoms with Crippen LogP contribution in [0.5, 0.6) is 0 Å². The Balaban J connectivity index is 2.32. The van der Waals surface area contributed by atoms with Gasteiger partial charge in [0.05, 0.1) is 0 Å². The van der Waals surface area contributed by atoms with Crippen molar-refractivity contribution >= 4 is 23.2 Å². The number of rotatable bonds is 13. The molecule has 0 aliphatic carbocycles. The summed E-state index contributed by atoms with van der Waals surface area (Å²) in [6.45, 7) is 0. The fourth-order valence-corrected chi connectivity index (χ4v) is 3.17. The van der Waals surface area contributed by atoms with Gasteiger partial charge in [-0.05, 0) is 49.3 Å². The van der Waals surface area contributed by atoms with E-state index in [4.69, 9.17) is 23.2 Å². The number of halogens is 2. The lowest BCUT2D eigenvalue weighted by Gasteiger charge is -2.17. The van der Waals surface area contributed by atoms with Crippen molar-refractivity contribution in [2.45, 2.75) is 70.1 Å². The quantitative estimate of drug-likeness (QED) is 0.295. The molecule has 120 valence electrons. The van der Waals surface area contributed by atoms with Gasteiger partial charge in [-0.2, -0.15) is 0 Å². The van der Waals surface area contributed by atoms with Crippen molar-refractivity contribution in [1.29, 1.82) is 0 Å². The predicted octanol–water partition coefficient (Wildman–Crippen LogP) is 6.54. The van der Waals surface area contributed by atoms with Crippen molar-refractivity contribution in [2.24, 2.45) is 0 Å². The first-order valence-electron chi connectivity index (χ1n) is 8.40. The molecule has 1 rings (SSSR count). The number of alkyl halides is 2. The van der Waals surface area contributed by atoms with Crippen LogP contribution in [0.4, 0.5) is 0 Å². The molecule has 0 bridgehead atoms. The molecule has 0 saturated carbocycles.